The number of benzene rings is 3. The van der Waals surface area contributed by atoms with Gasteiger partial charge in [-0.3, -0.25) is 9.59 Å². The Labute approximate surface area is 156 Å². The molecule has 27 heavy (non-hydrogen) atoms. The number of amides is 2. The van der Waals surface area contributed by atoms with Crippen LogP contribution in [0.25, 0.3) is 16.8 Å². The Hall–Kier alpha value is -3.22. The lowest BCUT2D eigenvalue weighted by molar-refractivity contribution is -0.0121. The molecule has 2 amide bonds. The summed E-state index contributed by atoms with van der Waals surface area (Å²) in [7, 11) is -3.37. The van der Waals surface area contributed by atoms with Gasteiger partial charge in [0.05, 0.1) is 16.0 Å². The van der Waals surface area contributed by atoms with Gasteiger partial charge in [0.2, 0.25) is 0 Å². The van der Waals surface area contributed by atoms with Crippen molar-refractivity contribution in [2.24, 2.45) is 0 Å². The van der Waals surface area contributed by atoms with Crippen molar-refractivity contribution in [1.82, 2.24) is 5.06 Å². The Morgan fingerprint density at radius 2 is 1.44 bits per heavy atom. The number of hydrogen-bond acceptors (Lipinski definition) is 4. The van der Waals surface area contributed by atoms with Gasteiger partial charge in [-0.05, 0) is 41.1 Å². The van der Waals surface area contributed by atoms with E-state index >= 15 is 0 Å². The summed E-state index contributed by atoms with van der Waals surface area (Å²) in [5, 5.41) is 1.90. The van der Waals surface area contributed by atoms with Crippen molar-refractivity contribution in [1.29, 1.82) is 0 Å². The van der Waals surface area contributed by atoms with Crippen molar-refractivity contribution in [2.75, 3.05) is 0 Å². The van der Waals surface area contributed by atoms with Crippen LogP contribution in [0.15, 0.2) is 72.1 Å². The summed E-state index contributed by atoms with van der Waals surface area (Å²) in [6.45, 7) is 3.66. The van der Waals surface area contributed by atoms with E-state index < -0.39 is 21.6 Å². The first-order chi connectivity index (χ1) is 12.9. The highest BCUT2D eigenvalue weighted by Crippen LogP contribution is 2.31. The zero-order valence-electron chi connectivity index (χ0n) is 14.3. The maximum Gasteiger partial charge on any atom is 0.286 e. The number of nitrogens with zero attached hydrogens (tertiary/aromatic N) is 1. The van der Waals surface area contributed by atoms with Crippen LogP contribution in [-0.2, 0) is 14.1 Å². The molecule has 0 aliphatic carbocycles. The molecule has 0 aromatic heterocycles. The molecule has 1 aliphatic rings. The lowest BCUT2D eigenvalue weighted by Crippen LogP contribution is -2.41. The topological polar surface area (TPSA) is 63.7 Å². The van der Waals surface area contributed by atoms with Gasteiger partial charge in [0.1, 0.15) is 9.80 Å². The maximum absolute atomic E-state index is 13.0. The monoisotopic (exact) mass is 377 g/mol. The minimum Gasteiger partial charge on any atom is -0.266 e. The van der Waals surface area contributed by atoms with Gasteiger partial charge in [-0.15, -0.1) is 5.06 Å². The molecule has 1 atom stereocenters. The van der Waals surface area contributed by atoms with Crippen LogP contribution in [0.4, 0.5) is 0 Å². The molecule has 1 aliphatic heterocycles. The molecule has 0 saturated carbocycles. The van der Waals surface area contributed by atoms with E-state index in [4.69, 9.17) is 4.28 Å². The molecule has 3 aromatic rings. The third-order valence-corrected chi connectivity index (χ3v) is 5.78. The normalized spacial score (nSPS) is 15.6. The van der Waals surface area contributed by atoms with Gasteiger partial charge in [-0.25, -0.2) is 4.21 Å². The summed E-state index contributed by atoms with van der Waals surface area (Å²) < 4.78 is 18.4. The SMILES string of the molecule is C=Cc1ccc(S(=C)(=O)ON2C(=O)c3cccc4cccc(c34)C2=O)cc1. The number of hydroxylamine groups is 2. The third kappa shape index (κ3) is 2.75. The van der Waals surface area contributed by atoms with Gasteiger partial charge in [-0.1, -0.05) is 49.1 Å². The Bertz CT molecular complexity index is 1160. The summed E-state index contributed by atoms with van der Waals surface area (Å²) in [6, 6.07) is 16.9. The van der Waals surface area contributed by atoms with Crippen molar-refractivity contribution in [3.8, 4) is 0 Å². The molecule has 0 N–H and O–H groups in total. The number of hydrogen-bond donors (Lipinski definition) is 0. The molecule has 0 saturated heterocycles. The minimum atomic E-state index is -3.37. The Balaban J connectivity index is 1.76. The molecule has 6 heteroatoms. The molecule has 0 fully saturated rings. The second kappa shape index (κ2) is 6.19. The van der Waals surface area contributed by atoms with E-state index in [1.165, 1.54) is 0 Å². The summed E-state index contributed by atoms with van der Waals surface area (Å²) >= 11 is 0. The van der Waals surface area contributed by atoms with Crippen LogP contribution >= 0.6 is 0 Å². The molecule has 3 aromatic carbocycles. The smallest absolute Gasteiger partial charge is 0.266 e. The molecular weight excluding hydrogens is 362 g/mol. The van der Waals surface area contributed by atoms with E-state index in [2.05, 4.69) is 12.4 Å². The summed E-state index contributed by atoms with van der Waals surface area (Å²) in [4.78, 5) is 25.9. The molecule has 5 nitrogen and oxygen atoms in total. The predicted octanol–water partition coefficient (Wildman–Crippen LogP) is 3.70. The number of rotatable bonds is 4. The average Bonchev–Trinajstić information content (AvgIpc) is 2.69. The van der Waals surface area contributed by atoms with Crippen molar-refractivity contribution in [3.05, 3.63) is 83.9 Å². The van der Waals surface area contributed by atoms with Gasteiger partial charge in [-0.2, -0.15) is 4.28 Å². The van der Waals surface area contributed by atoms with Crippen molar-refractivity contribution >= 4 is 44.3 Å². The van der Waals surface area contributed by atoms with Crippen molar-refractivity contribution < 1.29 is 18.1 Å². The standard InChI is InChI=1S/C21H15NO4S/c1-3-14-10-12-16(13-11-14)27(2,25)26-22-20(23)17-8-4-6-15-7-5-9-18(19(15)17)21(22)24/h3-13H,1-2H2. The van der Waals surface area contributed by atoms with E-state index in [0.29, 0.717) is 21.6 Å². The molecular formula is C21H15NO4S. The molecule has 0 spiro atoms. The van der Waals surface area contributed by atoms with Gasteiger partial charge in [0, 0.05) is 5.39 Å². The van der Waals surface area contributed by atoms with Crippen molar-refractivity contribution in [2.45, 2.75) is 4.90 Å². The van der Waals surface area contributed by atoms with Crippen LogP contribution in [0.2, 0.25) is 0 Å². The molecule has 1 unspecified atom stereocenters. The predicted molar refractivity (Wildman–Crippen MR) is 106 cm³/mol. The van der Waals surface area contributed by atoms with E-state index in [9.17, 15) is 13.8 Å². The number of carbonyl (C=O) groups excluding carboxylic acids is 2. The van der Waals surface area contributed by atoms with Crippen molar-refractivity contribution in [3.63, 3.8) is 0 Å². The highest BCUT2D eigenvalue weighted by molar-refractivity contribution is 7.96. The summed E-state index contributed by atoms with van der Waals surface area (Å²) in [5.74, 6) is 2.27. The molecule has 0 bridgehead atoms. The fourth-order valence-corrected chi connectivity index (χ4v) is 4.06. The van der Waals surface area contributed by atoms with Gasteiger partial charge in [0.15, 0.2) is 0 Å². The first kappa shape index (κ1) is 17.2. The lowest BCUT2D eigenvalue weighted by atomic mass is 9.95. The zero-order chi connectivity index (χ0) is 19.2. The first-order valence-corrected chi connectivity index (χ1v) is 9.77. The minimum absolute atomic E-state index is 0.269. The van der Waals surface area contributed by atoms with Gasteiger partial charge < -0.3 is 0 Å². The largest absolute Gasteiger partial charge is 0.286 e. The van der Waals surface area contributed by atoms with E-state index in [1.807, 2.05) is 12.1 Å². The molecule has 134 valence electrons. The maximum atomic E-state index is 13.0. The van der Waals surface area contributed by atoms with E-state index in [1.54, 1.807) is 54.6 Å². The van der Waals surface area contributed by atoms with Crippen LogP contribution in [0, 0.1) is 0 Å². The summed E-state index contributed by atoms with van der Waals surface area (Å²) in [6.07, 6.45) is 1.64. The Kier molecular flexibility index (Phi) is 3.95. The fourth-order valence-electron chi connectivity index (χ4n) is 3.05. The quantitative estimate of drug-likeness (QED) is 0.514. The second-order valence-corrected chi connectivity index (χ2v) is 7.93. The Morgan fingerprint density at radius 1 is 0.889 bits per heavy atom. The highest BCUT2D eigenvalue weighted by atomic mass is 32.2. The molecule has 0 radical (unpaired) electrons. The van der Waals surface area contributed by atoms with Gasteiger partial charge >= 0.3 is 0 Å². The van der Waals surface area contributed by atoms with Gasteiger partial charge in [0.25, 0.3) is 11.8 Å². The van der Waals surface area contributed by atoms with Crippen LogP contribution in [0.3, 0.4) is 0 Å². The number of carbonyl (C=O) groups is 2. The van der Waals surface area contributed by atoms with Crippen LogP contribution < -0.4 is 0 Å². The van der Waals surface area contributed by atoms with E-state index in [0.717, 1.165) is 10.9 Å². The first-order valence-electron chi connectivity index (χ1n) is 8.12. The fraction of sp³-hybridized carbons (Fsp3) is 0. The van der Waals surface area contributed by atoms with Crippen LogP contribution in [0.5, 0.6) is 0 Å². The van der Waals surface area contributed by atoms with Crippen LogP contribution in [-0.4, -0.2) is 27.0 Å². The lowest BCUT2D eigenvalue weighted by Gasteiger charge is -2.26. The average molecular weight is 377 g/mol. The van der Waals surface area contributed by atoms with E-state index in [-0.39, 0.29) is 4.90 Å². The third-order valence-electron chi connectivity index (χ3n) is 4.40. The molecule has 1 heterocycles. The summed E-state index contributed by atoms with van der Waals surface area (Å²) in [5.41, 5.74) is 1.47. The Morgan fingerprint density at radius 3 is 1.96 bits per heavy atom. The van der Waals surface area contributed by atoms with Crippen LogP contribution in [0.1, 0.15) is 26.3 Å². The second-order valence-electron chi connectivity index (χ2n) is 6.08. The number of imide groups is 1. The molecule has 4 rings (SSSR count). The highest BCUT2D eigenvalue weighted by Gasteiger charge is 2.36. The zero-order valence-corrected chi connectivity index (χ0v) is 15.1.